The van der Waals surface area contributed by atoms with Crippen LogP contribution in [0.1, 0.15) is 29.8 Å². The van der Waals surface area contributed by atoms with E-state index in [1.165, 1.54) is 19.9 Å². The van der Waals surface area contributed by atoms with Gasteiger partial charge in [0.05, 0.1) is 0 Å². The van der Waals surface area contributed by atoms with Gasteiger partial charge >= 0.3 is 5.97 Å². The summed E-state index contributed by atoms with van der Waals surface area (Å²) in [5, 5.41) is 3.18. The third kappa shape index (κ3) is 5.86. The molecular weight excluding hydrogens is 354 g/mol. The Hall–Kier alpha value is -2.92. The lowest BCUT2D eigenvalue weighted by Crippen LogP contribution is -2.29. The van der Waals surface area contributed by atoms with Crippen molar-refractivity contribution >= 4 is 41.0 Å². The van der Waals surface area contributed by atoms with Crippen molar-refractivity contribution in [3.63, 3.8) is 0 Å². The second kappa shape index (κ2) is 8.97. The molecule has 26 heavy (non-hydrogen) atoms. The molecule has 1 amide bonds. The molecule has 0 saturated carbocycles. The van der Waals surface area contributed by atoms with Gasteiger partial charge in [-0.1, -0.05) is 23.7 Å². The molecule has 2 aromatic carbocycles. The van der Waals surface area contributed by atoms with Crippen LogP contribution in [-0.4, -0.2) is 23.8 Å². The fraction of sp³-hybridized carbons (Fsp3) is 0.150. The van der Waals surface area contributed by atoms with Gasteiger partial charge in [-0.25, -0.2) is 4.79 Å². The summed E-state index contributed by atoms with van der Waals surface area (Å²) >= 11 is 5.87. The van der Waals surface area contributed by atoms with Crippen molar-refractivity contribution in [1.29, 1.82) is 0 Å². The van der Waals surface area contributed by atoms with E-state index in [1.807, 2.05) is 0 Å². The summed E-state index contributed by atoms with van der Waals surface area (Å²) in [4.78, 5) is 35.1. The van der Waals surface area contributed by atoms with E-state index in [-0.39, 0.29) is 5.78 Å². The number of hydrogen-bond acceptors (Lipinski definition) is 4. The summed E-state index contributed by atoms with van der Waals surface area (Å²) in [6, 6.07) is 13.4. The van der Waals surface area contributed by atoms with Gasteiger partial charge in [-0.2, -0.15) is 0 Å². The summed E-state index contributed by atoms with van der Waals surface area (Å²) in [5.74, 6) is -1.17. The van der Waals surface area contributed by atoms with Gasteiger partial charge in [0.15, 0.2) is 11.9 Å². The minimum atomic E-state index is -0.973. The number of amides is 1. The van der Waals surface area contributed by atoms with Crippen molar-refractivity contribution in [2.75, 3.05) is 5.32 Å². The monoisotopic (exact) mass is 371 g/mol. The molecule has 1 unspecified atom stereocenters. The van der Waals surface area contributed by atoms with Crippen molar-refractivity contribution in [2.45, 2.75) is 20.0 Å². The number of ketones is 1. The number of halogens is 1. The van der Waals surface area contributed by atoms with E-state index in [9.17, 15) is 14.4 Å². The highest BCUT2D eigenvalue weighted by atomic mass is 35.5. The van der Waals surface area contributed by atoms with E-state index < -0.39 is 18.0 Å². The van der Waals surface area contributed by atoms with Crippen LogP contribution in [0, 0.1) is 0 Å². The average Bonchev–Trinajstić information content (AvgIpc) is 2.60. The number of hydrogen-bond donors (Lipinski definition) is 1. The first kappa shape index (κ1) is 19.4. The Bertz CT molecular complexity index is 843. The lowest BCUT2D eigenvalue weighted by Gasteiger charge is -2.12. The Balaban J connectivity index is 1.89. The zero-order chi connectivity index (χ0) is 19.1. The first-order valence-corrected chi connectivity index (χ1v) is 8.29. The maximum absolute atomic E-state index is 12.1. The van der Waals surface area contributed by atoms with Crippen LogP contribution in [0.2, 0.25) is 5.02 Å². The number of ether oxygens (including phenoxy) is 1. The van der Waals surface area contributed by atoms with Gasteiger partial charge in [0, 0.05) is 22.3 Å². The van der Waals surface area contributed by atoms with Crippen LogP contribution in [0.15, 0.2) is 54.6 Å². The fourth-order valence-electron chi connectivity index (χ4n) is 2.07. The van der Waals surface area contributed by atoms with Crippen LogP contribution in [0.25, 0.3) is 6.08 Å². The molecule has 1 atom stereocenters. The smallest absolute Gasteiger partial charge is 0.331 e. The van der Waals surface area contributed by atoms with Gasteiger partial charge in [-0.05, 0) is 61.9 Å². The first-order valence-electron chi connectivity index (χ1n) is 7.91. The summed E-state index contributed by atoms with van der Waals surface area (Å²) in [6.45, 7) is 2.94. The molecule has 0 aliphatic carbocycles. The Labute approximate surface area is 156 Å². The van der Waals surface area contributed by atoms with Crippen molar-refractivity contribution in [2.24, 2.45) is 0 Å². The molecule has 0 fully saturated rings. The summed E-state index contributed by atoms with van der Waals surface area (Å²) in [6.07, 6.45) is 1.81. The molecule has 134 valence electrons. The van der Waals surface area contributed by atoms with E-state index in [0.717, 1.165) is 5.56 Å². The van der Waals surface area contributed by atoms with Crippen molar-refractivity contribution < 1.29 is 19.1 Å². The topological polar surface area (TPSA) is 72.5 Å². The van der Waals surface area contributed by atoms with Gasteiger partial charge < -0.3 is 10.1 Å². The van der Waals surface area contributed by atoms with Crippen LogP contribution in [-0.2, 0) is 14.3 Å². The Morgan fingerprint density at radius 1 is 1.12 bits per heavy atom. The molecule has 1 N–H and O–H groups in total. The number of Topliss-reactive ketones (excluding diaryl/α,β-unsaturated/α-hetero) is 1. The lowest BCUT2D eigenvalue weighted by molar-refractivity contribution is -0.148. The predicted octanol–water partition coefficient (Wildman–Crippen LogP) is 4.13. The lowest BCUT2D eigenvalue weighted by atomic mass is 10.1. The summed E-state index contributed by atoms with van der Waals surface area (Å²) < 4.78 is 5.07. The Kier molecular flexibility index (Phi) is 6.69. The summed E-state index contributed by atoms with van der Waals surface area (Å²) in [7, 11) is 0. The zero-order valence-corrected chi connectivity index (χ0v) is 15.1. The van der Waals surface area contributed by atoms with Crippen molar-refractivity contribution in [3.8, 4) is 0 Å². The molecule has 0 spiro atoms. The molecule has 5 nitrogen and oxygen atoms in total. The predicted molar refractivity (Wildman–Crippen MR) is 101 cm³/mol. The minimum Gasteiger partial charge on any atom is -0.449 e. The normalized spacial score (nSPS) is 11.8. The highest BCUT2D eigenvalue weighted by Crippen LogP contribution is 2.13. The number of carbonyl (C=O) groups is 3. The van der Waals surface area contributed by atoms with E-state index in [1.54, 1.807) is 54.6 Å². The fourth-order valence-corrected chi connectivity index (χ4v) is 2.27. The van der Waals surface area contributed by atoms with Crippen LogP contribution >= 0.6 is 11.6 Å². The number of esters is 1. The molecule has 0 bridgehead atoms. The summed E-state index contributed by atoms with van der Waals surface area (Å²) in [5.41, 5.74) is 1.81. The number of anilines is 1. The highest BCUT2D eigenvalue weighted by Gasteiger charge is 2.16. The number of benzene rings is 2. The molecule has 6 heteroatoms. The van der Waals surface area contributed by atoms with Crippen LogP contribution in [0.5, 0.6) is 0 Å². The van der Waals surface area contributed by atoms with E-state index in [4.69, 9.17) is 16.3 Å². The maximum atomic E-state index is 12.1. The standard InChI is InChI=1S/C20H18ClNO4/c1-13(23)16-7-9-18(10-8-16)22-20(25)14(2)26-19(24)11-6-15-4-3-5-17(21)12-15/h3-12,14H,1-2H3,(H,22,25)/b11-6+. The Morgan fingerprint density at radius 3 is 2.42 bits per heavy atom. The molecule has 2 rings (SSSR count). The molecule has 2 aromatic rings. The molecule has 0 saturated heterocycles. The second-order valence-electron chi connectivity index (χ2n) is 5.59. The van der Waals surface area contributed by atoms with Crippen molar-refractivity contribution in [3.05, 3.63) is 70.8 Å². The van der Waals surface area contributed by atoms with Crippen LogP contribution < -0.4 is 5.32 Å². The van der Waals surface area contributed by atoms with E-state index in [2.05, 4.69) is 5.32 Å². The average molecular weight is 372 g/mol. The highest BCUT2D eigenvalue weighted by molar-refractivity contribution is 6.30. The molecule has 0 aliphatic heterocycles. The molecule has 0 aromatic heterocycles. The maximum Gasteiger partial charge on any atom is 0.331 e. The molecule has 0 aliphatic rings. The van der Waals surface area contributed by atoms with E-state index in [0.29, 0.717) is 16.3 Å². The van der Waals surface area contributed by atoms with Gasteiger partial charge in [0.2, 0.25) is 0 Å². The van der Waals surface area contributed by atoms with Crippen molar-refractivity contribution in [1.82, 2.24) is 0 Å². The second-order valence-corrected chi connectivity index (χ2v) is 6.03. The zero-order valence-electron chi connectivity index (χ0n) is 14.4. The van der Waals surface area contributed by atoms with Gasteiger partial charge in [-0.3, -0.25) is 9.59 Å². The third-order valence-corrected chi connectivity index (χ3v) is 3.72. The van der Waals surface area contributed by atoms with Gasteiger partial charge in [-0.15, -0.1) is 0 Å². The van der Waals surface area contributed by atoms with Gasteiger partial charge in [0.25, 0.3) is 5.91 Å². The number of rotatable bonds is 6. The van der Waals surface area contributed by atoms with Gasteiger partial charge in [0.1, 0.15) is 0 Å². The van der Waals surface area contributed by atoms with Crippen LogP contribution in [0.4, 0.5) is 5.69 Å². The molecule has 0 heterocycles. The number of carbonyl (C=O) groups excluding carboxylic acids is 3. The quantitative estimate of drug-likeness (QED) is 0.471. The number of nitrogens with one attached hydrogen (secondary N) is 1. The minimum absolute atomic E-state index is 0.0586. The SMILES string of the molecule is CC(=O)c1ccc(NC(=O)C(C)OC(=O)/C=C/c2cccc(Cl)c2)cc1. The van der Waals surface area contributed by atoms with Crippen LogP contribution in [0.3, 0.4) is 0 Å². The molecule has 0 radical (unpaired) electrons. The van der Waals surface area contributed by atoms with E-state index >= 15 is 0 Å². The third-order valence-electron chi connectivity index (χ3n) is 3.48. The largest absolute Gasteiger partial charge is 0.449 e. The Morgan fingerprint density at radius 2 is 1.81 bits per heavy atom. The first-order chi connectivity index (χ1) is 12.3. The molecular formula is C20H18ClNO4.